The van der Waals surface area contributed by atoms with Crippen LogP contribution in [0.1, 0.15) is 16.1 Å². The third-order valence-corrected chi connectivity index (χ3v) is 5.17. The number of hydrogen-bond acceptors (Lipinski definition) is 6. The molecule has 8 nitrogen and oxygen atoms in total. The maximum Gasteiger partial charge on any atom is 0.272 e. The molecule has 1 amide bonds. The van der Waals surface area contributed by atoms with Gasteiger partial charge in [-0.25, -0.2) is 9.67 Å². The van der Waals surface area contributed by atoms with Crippen LogP contribution in [-0.4, -0.2) is 34.6 Å². The van der Waals surface area contributed by atoms with E-state index in [1.807, 2.05) is 54.6 Å². The highest BCUT2D eigenvalue weighted by Crippen LogP contribution is 2.33. The van der Waals surface area contributed by atoms with Gasteiger partial charge < -0.3 is 19.5 Å². The minimum absolute atomic E-state index is 0.217. The van der Waals surface area contributed by atoms with Crippen LogP contribution in [0.15, 0.2) is 54.6 Å². The molecule has 31 heavy (non-hydrogen) atoms. The van der Waals surface area contributed by atoms with Gasteiger partial charge in [0.15, 0.2) is 22.8 Å². The first-order chi connectivity index (χ1) is 15.1. The molecule has 1 aliphatic heterocycles. The van der Waals surface area contributed by atoms with Crippen LogP contribution < -0.4 is 19.5 Å². The van der Waals surface area contributed by atoms with Gasteiger partial charge in [-0.05, 0) is 42.0 Å². The van der Waals surface area contributed by atoms with Crippen LogP contribution in [0.3, 0.4) is 0 Å². The van der Waals surface area contributed by atoms with Crippen molar-refractivity contribution in [3.63, 3.8) is 0 Å². The number of fused-ring (bicyclic) bond motifs is 2. The van der Waals surface area contributed by atoms with Crippen LogP contribution in [-0.2, 0) is 13.6 Å². The Morgan fingerprint density at radius 3 is 2.84 bits per heavy atom. The summed E-state index contributed by atoms with van der Waals surface area (Å²) in [5.74, 6) is 1.86. The Bertz CT molecular complexity index is 1300. The predicted octanol–water partition coefficient (Wildman–Crippen LogP) is 3.30. The first kappa shape index (κ1) is 18.9. The highest BCUT2D eigenvalue weighted by atomic mass is 16.7. The van der Waals surface area contributed by atoms with Crippen molar-refractivity contribution >= 4 is 16.9 Å². The van der Waals surface area contributed by atoms with Crippen LogP contribution in [0.2, 0.25) is 0 Å². The summed E-state index contributed by atoms with van der Waals surface area (Å²) in [6.07, 6.45) is 0. The summed E-state index contributed by atoms with van der Waals surface area (Å²) in [4.78, 5) is 17.6. The van der Waals surface area contributed by atoms with Gasteiger partial charge in [-0.2, -0.15) is 5.10 Å². The smallest absolute Gasteiger partial charge is 0.272 e. The first-order valence-electron chi connectivity index (χ1n) is 9.78. The fourth-order valence-electron chi connectivity index (χ4n) is 3.62. The second-order valence-corrected chi connectivity index (χ2v) is 7.11. The number of amides is 1. The third-order valence-electron chi connectivity index (χ3n) is 5.17. The highest BCUT2D eigenvalue weighted by molar-refractivity contribution is 6.04. The highest BCUT2D eigenvalue weighted by Gasteiger charge is 2.19. The van der Waals surface area contributed by atoms with Gasteiger partial charge in [-0.3, -0.25) is 4.79 Å². The molecule has 0 aliphatic carbocycles. The molecule has 2 aromatic carbocycles. The maximum atomic E-state index is 12.8. The van der Waals surface area contributed by atoms with Crippen molar-refractivity contribution in [1.82, 2.24) is 20.1 Å². The Labute approximate surface area is 178 Å². The van der Waals surface area contributed by atoms with Crippen molar-refractivity contribution in [2.24, 2.45) is 7.05 Å². The van der Waals surface area contributed by atoms with E-state index in [1.165, 1.54) is 0 Å². The summed E-state index contributed by atoms with van der Waals surface area (Å²) in [6, 6.07) is 17.0. The minimum atomic E-state index is -0.268. The van der Waals surface area contributed by atoms with E-state index in [-0.39, 0.29) is 12.7 Å². The number of ether oxygens (including phenoxy) is 3. The molecule has 0 atom stereocenters. The molecule has 0 radical (unpaired) electrons. The second-order valence-electron chi connectivity index (χ2n) is 7.11. The van der Waals surface area contributed by atoms with Gasteiger partial charge in [-0.15, -0.1) is 0 Å². The van der Waals surface area contributed by atoms with E-state index in [9.17, 15) is 4.79 Å². The molecule has 0 spiro atoms. The molecule has 5 rings (SSSR count). The Morgan fingerprint density at radius 1 is 1.13 bits per heavy atom. The number of aromatic nitrogens is 3. The number of carbonyl (C=O) groups excluding carboxylic acids is 1. The van der Waals surface area contributed by atoms with Crippen LogP contribution in [0.4, 0.5) is 0 Å². The lowest BCUT2D eigenvalue weighted by Crippen LogP contribution is -2.23. The van der Waals surface area contributed by atoms with Gasteiger partial charge in [0.25, 0.3) is 5.91 Å². The van der Waals surface area contributed by atoms with Gasteiger partial charge in [-0.1, -0.05) is 18.2 Å². The summed E-state index contributed by atoms with van der Waals surface area (Å²) >= 11 is 0. The molecule has 1 N–H and O–H groups in total. The average Bonchev–Trinajstić information content (AvgIpc) is 3.41. The van der Waals surface area contributed by atoms with Gasteiger partial charge >= 0.3 is 0 Å². The molecule has 0 unspecified atom stereocenters. The molecule has 0 saturated heterocycles. The van der Waals surface area contributed by atoms with Crippen molar-refractivity contribution in [2.75, 3.05) is 13.9 Å². The predicted molar refractivity (Wildman–Crippen MR) is 114 cm³/mol. The number of hydrogen-bond donors (Lipinski definition) is 1. The largest absolute Gasteiger partial charge is 0.496 e. The topological polar surface area (TPSA) is 87.5 Å². The maximum absolute atomic E-state index is 12.8. The number of aryl methyl sites for hydroxylation is 1. The van der Waals surface area contributed by atoms with Crippen molar-refractivity contribution in [3.8, 4) is 28.5 Å². The quantitative estimate of drug-likeness (QED) is 0.537. The lowest BCUT2D eigenvalue weighted by Gasteiger charge is -2.08. The van der Waals surface area contributed by atoms with Crippen molar-refractivity contribution in [3.05, 3.63) is 65.9 Å². The molecule has 0 bridgehead atoms. The zero-order valence-electron chi connectivity index (χ0n) is 17.1. The van der Waals surface area contributed by atoms with E-state index < -0.39 is 0 Å². The second kappa shape index (κ2) is 7.64. The van der Waals surface area contributed by atoms with Crippen molar-refractivity contribution in [2.45, 2.75) is 6.54 Å². The molecular weight excluding hydrogens is 396 g/mol. The molecule has 2 aromatic heterocycles. The molecule has 1 aliphatic rings. The van der Waals surface area contributed by atoms with Crippen LogP contribution in [0, 0.1) is 0 Å². The van der Waals surface area contributed by atoms with Gasteiger partial charge in [0.1, 0.15) is 5.75 Å². The number of nitrogens with zero attached hydrogens (tertiary/aromatic N) is 3. The summed E-state index contributed by atoms with van der Waals surface area (Å²) in [5, 5.41) is 8.01. The fraction of sp³-hybridized carbons (Fsp3) is 0.174. The molecule has 3 heterocycles. The number of methoxy groups -OCH3 is 1. The minimum Gasteiger partial charge on any atom is -0.496 e. The Kier molecular flexibility index (Phi) is 4.66. The van der Waals surface area contributed by atoms with Crippen LogP contribution >= 0.6 is 0 Å². The number of rotatable bonds is 5. The Balaban J connectivity index is 1.40. The Hall–Kier alpha value is -4.07. The molecule has 4 aromatic rings. The zero-order valence-corrected chi connectivity index (χ0v) is 17.1. The van der Waals surface area contributed by atoms with E-state index in [0.717, 1.165) is 22.6 Å². The summed E-state index contributed by atoms with van der Waals surface area (Å²) in [6.45, 7) is 0.565. The normalized spacial score (nSPS) is 12.2. The molecule has 8 heteroatoms. The summed E-state index contributed by atoms with van der Waals surface area (Å²) in [7, 11) is 3.40. The molecular formula is C23H20N4O4. The van der Waals surface area contributed by atoms with Crippen molar-refractivity contribution in [1.29, 1.82) is 0 Å². The van der Waals surface area contributed by atoms with Crippen LogP contribution in [0.5, 0.6) is 17.2 Å². The van der Waals surface area contributed by atoms with E-state index in [2.05, 4.69) is 10.4 Å². The zero-order chi connectivity index (χ0) is 21.4. The average molecular weight is 416 g/mol. The SMILES string of the molecule is COc1ccccc1-c1ccc2c(C(=O)NCc3ccc4c(c3)OCO4)nn(C)c2n1. The summed E-state index contributed by atoms with van der Waals surface area (Å²) < 4.78 is 17.8. The number of para-hydroxylation sites is 1. The number of pyridine rings is 1. The van der Waals surface area contributed by atoms with E-state index in [1.54, 1.807) is 18.8 Å². The molecule has 156 valence electrons. The monoisotopic (exact) mass is 416 g/mol. The molecule has 0 saturated carbocycles. The first-order valence-corrected chi connectivity index (χ1v) is 9.78. The van der Waals surface area contributed by atoms with Crippen molar-refractivity contribution < 1.29 is 19.0 Å². The van der Waals surface area contributed by atoms with Gasteiger partial charge in [0.2, 0.25) is 6.79 Å². The number of benzene rings is 2. The fourth-order valence-corrected chi connectivity index (χ4v) is 3.62. The lowest BCUT2D eigenvalue weighted by molar-refractivity contribution is 0.0946. The van der Waals surface area contributed by atoms with E-state index >= 15 is 0 Å². The lowest BCUT2D eigenvalue weighted by atomic mass is 10.1. The Morgan fingerprint density at radius 2 is 1.97 bits per heavy atom. The van der Waals surface area contributed by atoms with Gasteiger partial charge in [0.05, 0.1) is 18.2 Å². The number of nitrogens with one attached hydrogen (secondary N) is 1. The van der Waals surface area contributed by atoms with Crippen LogP contribution in [0.25, 0.3) is 22.3 Å². The van der Waals surface area contributed by atoms with Gasteiger partial charge in [0, 0.05) is 19.2 Å². The summed E-state index contributed by atoms with van der Waals surface area (Å²) in [5.41, 5.74) is 3.49. The van der Waals surface area contributed by atoms with E-state index in [4.69, 9.17) is 19.2 Å². The number of carbonyl (C=O) groups is 1. The third kappa shape index (κ3) is 3.42. The van der Waals surface area contributed by atoms with E-state index in [0.29, 0.717) is 34.8 Å². The molecule has 0 fully saturated rings. The standard InChI is InChI=1S/C23H20N4O4/c1-27-22-16(8-9-17(25-22)15-5-3-4-6-18(15)29-2)21(26-27)23(28)24-12-14-7-10-19-20(11-14)31-13-30-19/h3-11H,12-13H2,1-2H3,(H,24,28).